The van der Waals surface area contributed by atoms with E-state index in [4.69, 9.17) is 9.47 Å². The third-order valence-corrected chi connectivity index (χ3v) is 2.56. The number of benzene rings is 1. The topological polar surface area (TPSA) is 35.5 Å². The van der Waals surface area contributed by atoms with Crippen molar-refractivity contribution in [1.82, 2.24) is 0 Å². The zero-order valence-corrected chi connectivity index (χ0v) is 9.78. The maximum absolute atomic E-state index is 13.1. The van der Waals surface area contributed by atoms with Crippen LogP contribution in [0.5, 0.6) is 0 Å². The fourth-order valence-corrected chi connectivity index (χ4v) is 1.76. The van der Waals surface area contributed by atoms with Crippen LogP contribution in [0.2, 0.25) is 0 Å². The van der Waals surface area contributed by atoms with Gasteiger partial charge >= 0.3 is 5.97 Å². The van der Waals surface area contributed by atoms with Gasteiger partial charge in [0.15, 0.2) is 6.10 Å². The summed E-state index contributed by atoms with van der Waals surface area (Å²) in [6.45, 7) is 1.96. The van der Waals surface area contributed by atoms with Gasteiger partial charge in [-0.3, -0.25) is 0 Å². The molecule has 1 heterocycles. The highest BCUT2D eigenvalue weighted by Crippen LogP contribution is 2.28. The molecule has 1 aromatic rings. The maximum Gasteiger partial charge on any atom is 0.347 e. The van der Waals surface area contributed by atoms with Gasteiger partial charge in [0, 0.05) is 12.5 Å². The molecule has 18 heavy (non-hydrogen) atoms. The SMILES string of the molecule is CCOC(=O)C1CC(c2cc(F)cc(F)c2)=CO1. The average molecular weight is 254 g/mol. The first kappa shape index (κ1) is 12.5. The number of halogens is 2. The van der Waals surface area contributed by atoms with Crippen molar-refractivity contribution in [2.45, 2.75) is 19.4 Å². The molecule has 5 heteroatoms. The van der Waals surface area contributed by atoms with Crippen molar-refractivity contribution in [1.29, 1.82) is 0 Å². The molecule has 0 N–H and O–H groups in total. The number of esters is 1. The Morgan fingerprint density at radius 2 is 2.06 bits per heavy atom. The van der Waals surface area contributed by atoms with E-state index in [0.29, 0.717) is 11.1 Å². The van der Waals surface area contributed by atoms with Gasteiger partial charge in [0.05, 0.1) is 12.9 Å². The summed E-state index contributed by atoms with van der Waals surface area (Å²) >= 11 is 0. The predicted molar refractivity (Wildman–Crippen MR) is 60.5 cm³/mol. The molecule has 0 radical (unpaired) electrons. The van der Waals surface area contributed by atoms with Crippen molar-refractivity contribution in [2.75, 3.05) is 6.61 Å². The summed E-state index contributed by atoms with van der Waals surface area (Å²) in [5, 5.41) is 0. The second-order valence-corrected chi connectivity index (χ2v) is 3.88. The van der Waals surface area contributed by atoms with Crippen LogP contribution in [-0.4, -0.2) is 18.7 Å². The summed E-state index contributed by atoms with van der Waals surface area (Å²) in [5.74, 6) is -1.79. The molecular formula is C13H12F2O3. The van der Waals surface area contributed by atoms with Crippen molar-refractivity contribution >= 4 is 11.5 Å². The molecule has 0 aliphatic carbocycles. The maximum atomic E-state index is 13.1. The van der Waals surface area contributed by atoms with Gasteiger partial charge in [0.2, 0.25) is 0 Å². The molecular weight excluding hydrogens is 242 g/mol. The number of rotatable bonds is 3. The first-order valence-electron chi connectivity index (χ1n) is 5.57. The quantitative estimate of drug-likeness (QED) is 0.778. The lowest BCUT2D eigenvalue weighted by Gasteiger charge is -2.08. The molecule has 0 saturated heterocycles. The molecule has 0 fully saturated rings. The van der Waals surface area contributed by atoms with Crippen molar-refractivity contribution in [3.05, 3.63) is 41.7 Å². The van der Waals surface area contributed by atoms with Gasteiger partial charge in [-0.1, -0.05) is 0 Å². The van der Waals surface area contributed by atoms with Gasteiger partial charge in [-0.2, -0.15) is 0 Å². The predicted octanol–water partition coefficient (Wildman–Crippen LogP) is 2.66. The fraction of sp³-hybridized carbons (Fsp3) is 0.308. The molecule has 0 amide bonds. The lowest BCUT2D eigenvalue weighted by atomic mass is 10.0. The van der Waals surface area contributed by atoms with Crippen LogP contribution in [0.4, 0.5) is 8.78 Å². The van der Waals surface area contributed by atoms with Gasteiger partial charge in [0.25, 0.3) is 0 Å². The second-order valence-electron chi connectivity index (χ2n) is 3.88. The van der Waals surface area contributed by atoms with Gasteiger partial charge in [-0.05, 0) is 30.2 Å². The smallest absolute Gasteiger partial charge is 0.347 e. The molecule has 2 rings (SSSR count). The van der Waals surface area contributed by atoms with Crippen LogP contribution in [0.25, 0.3) is 5.57 Å². The van der Waals surface area contributed by atoms with Crippen molar-refractivity contribution in [3.63, 3.8) is 0 Å². The normalized spacial score (nSPS) is 18.2. The Kier molecular flexibility index (Phi) is 3.60. The Labute approximate surface area is 103 Å². The number of hydrogen-bond acceptors (Lipinski definition) is 3. The number of carbonyl (C=O) groups excluding carboxylic acids is 1. The van der Waals surface area contributed by atoms with Gasteiger partial charge in [0.1, 0.15) is 11.6 Å². The Bertz CT molecular complexity index is 477. The van der Waals surface area contributed by atoms with E-state index in [-0.39, 0.29) is 13.0 Å². The first-order valence-corrected chi connectivity index (χ1v) is 5.57. The minimum atomic E-state index is -0.730. The van der Waals surface area contributed by atoms with E-state index in [1.54, 1.807) is 6.92 Å². The van der Waals surface area contributed by atoms with E-state index >= 15 is 0 Å². The van der Waals surface area contributed by atoms with Crippen LogP contribution >= 0.6 is 0 Å². The van der Waals surface area contributed by atoms with E-state index in [1.165, 1.54) is 18.4 Å². The Hall–Kier alpha value is -1.91. The zero-order chi connectivity index (χ0) is 13.1. The van der Waals surface area contributed by atoms with Crippen molar-refractivity contribution in [3.8, 4) is 0 Å². The highest BCUT2D eigenvalue weighted by molar-refractivity contribution is 5.80. The molecule has 1 unspecified atom stereocenters. The van der Waals surface area contributed by atoms with Crippen LogP contribution < -0.4 is 0 Å². The highest BCUT2D eigenvalue weighted by atomic mass is 19.1. The standard InChI is InChI=1S/C13H12F2O3/c1-2-17-13(16)12-5-9(7-18-12)8-3-10(14)6-11(15)4-8/h3-4,6-7,12H,2,5H2,1H3. The molecule has 1 aromatic carbocycles. The third-order valence-electron chi connectivity index (χ3n) is 2.56. The second kappa shape index (κ2) is 5.16. The Balaban J connectivity index is 2.10. The molecule has 1 atom stereocenters. The summed E-state index contributed by atoms with van der Waals surface area (Å²) in [6, 6.07) is 3.19. The van der Waals surface area contributed by atoms with Gasteiger partial charge < -0.3 is 9.47 Å². The Morgan fingerprint density at radius 1 is 1.39 bits per heavy atom. The van der Waals surface area contributed by atoms with Gasteiger partial charge in [-0.15, -0.1) is 0 Å². The number of ether oxygens (including phenoxy) is 2. The van der Waals surface area contributed by atoms with Crippen LogP contribution in [0.1, 0.15) is 18.9 Å². The highest BCUT2D eigenvalue weighted by Gasteiger charge is 2.28. The van der Waals surface area contributed by atoms with Crippen LogP contribution in [-0.2, 0) is 14.3 Å². The number of carbonyl (C=O) groups is 1. The molecule has 0 bridgehead atoms. The van der Waals surface area contributed by atoms with E-state index < -0.39 is 23.7 Å². The molecule has 0 spiro atoms. The van der Waals surface area contributed by atoms with Crippen LogP contribution in [0, 0.1) is 11.6 Å². The van der Waals surface area contributed by atoms with E-state index in [9.17, 15) is 13.6 Å². The van der Waals surface area contributed by atoms with Gasteiger partial charge in [-0.25, -0.2) is 13.6 Å². The lowest BCUT2D eigenvalue weighted by molar-refractivity contribution is -0.152. The Morgan fingerprint density at radius 3 is 2.67 bits per heavy atom. The first-order chi connectivity index (χ1) is 8.60. The monoisotopic (exact) mass is 254 g/mol. The lowest BCUT2D eigenvalue weighted by Crippen LogP contribution is -2.22. The summed E-state index contributed by atoms with van der Waals surface area (Å²) in [7, 11) is 0. The van der Waals surface area contributed by atoms with Crippen molar-refractivity contribution in [2.24, 2.45) is 0 Å². The summed E-state index contributed by atoms with van der Waals surface area (Å²) in [4.78, 5) is 11.4. The molecule has 0 aromatic heterocycles. The zero-order valence-electron chi connectivity index (χ0n) is 9.78. The van der Waals surface area contributed by atoms with E-state index in [1.807, 2.05) is 0 Å². The summed E-state index contributed by atoms with van der Waals surface area (Å²) < 4.78 is 36.1. The molecule has 0 saturated carbocycles. The molecule has 3 nitrogen and oxygen atoms in total. The molecule has 1 aliphatic heterocycles. The van der Waals surface area contributed by atoms with E-state index in [2.05, 4.69) is 0 Å². The fourth-order valence-electron chi connectivity index (χ4n) is 1.76. The van der Waals surface area contributed by atoms with Crippen LogP contribution in [0.15, 0.2) is 24.5 Å². The summed E-state index contributed by atoms with van der Waals surface area (Å²) in [6.07, 6.45) is 0.864. The van der Waals surface area contributed by atoms with Crippen LogP contribution in [0.3, 0.4) is 0 Å². The van der Waals surface area contributed by atoms with Crippen molar-refractivity contribution < 1.29 is 23.0 Å². The molecule has 96 valence electrons. The third kappa shape index (κ3) is 2.67. The molecule has 1 aliphatic rings. The van der Waals surface area contributed by atoms with E-state index in [0.717, 1.165) is 6.07 Å². The summed E-state index contributed by atoms with van der Waals surface area (Å²) in [5.41, 5.74) is 0.950. The number of hydrogen-bond donors (Lipinski definition) is 0. The average Bonchev–Trinajstić information content (AvgIpc) is 2.77. The minimum Gasteiger partial charge on any atom is -0.486 e. The minimum absolute atomic E-state index is 0.252. The largest absolute Gasteiger partial charge is 0.486 e.